The molecular weight excluding hydrogens is 402 g/mol. The van der Waals surface area contributed by atoms with Gasteiger partial charge >= 0.3 is 0 Å². The van der Waals surface area contributed by atoms with Gasteiger partial charge in [0.1, 0.15) is 0 Å². The molecule has 8 nitrogen and oxygen atoms in total. The van der Waals surface area contributed by atoms with Gasteiger partial charge in [0.25, 0.3) is 10.2 Å². The molecule has 0 radical (unpaired) electrons. The molecule has 156 valence electrons. The Morgan fingerprint density at radius 1 is 1.14 bits per heavy atom. The van der Waals surface area contributed by atoms with Gasteiger partial charge in [-0.1, -0.05) is 23.7 Å². The first-order valence-corrected chi connectivity index (χ1v) is 11.2. The molecular formula is C18H28ClN5O3S. The van der Waals surface area contributed by atoms with E-state index < -0.39 is 10.2 Å². The van der Waals surface area contributed by atoms with Gasteiger partial charge in [-0.05, 0) is 24.6 Å². The standard InChI is InChI=1S/C18H28ClN5O3S/c1-13-16(18(21-20-13)14-4-6-15(19)7-5-14)12-17(25)23-8-10-24(11-9-23)28(26,27)22(2)3/h4-7,13,16,18,20-21H,8-12H2,1-3H3. The Morgan fingerprint density at radius 2 is 1.75 bits per heavy atom. The molecule has 0 aliphatic carbocycles. The number of rotatable bonds is 5. The van der Waals surface area contributed by atoms with E-state index in [1.807, 2.05) is 24.3 Å². The maximum atomic E-state index is 12.9. The van der Waals surface area contributed by atoms with Crippen molar-refractivity contribution in [2.75, 3.05) is 40.3 Å². The highest BCUT2D eigenvalue weighted by Crippen LogP contribution is 2.32. The summed E-state index contributed by atoms with van der Waals surface area (Å²) in [5.74, 6) is 0.153. The van der Waals surface area contributed by atoms with Crippen LogP contribution in [0, 0.1) is 5.92 Å². The van der Waals surface area contributed by atoms with Crippen LogP contribution in [-0.4, -0.2) is 74.2 Å². The van der Waals surface area contributed by atoms with Gasteiger partial charge in [-0.3, -0.25) is 10.2 Å². The van der Waals surface area contributed by atoms with Crippen molar-refractivity contribution in [3.63, 3.8) is 0 Å². The van der Waals surface area contributed by atoms with Crippen LogP contribution in [0.2, 0.25) is 5.02 Å². The highest BCUT2D eigenvalue weighted by Gasteiger charge is 2.37. The first kappa shape index (κ1) is 21.5. The van der Waals surface area contributed by atoms with E-state index in [4.69, 9.17) is 11.6 Å². The van der Waals surface area contributed by atoms with Crippen LogP contribution in [0.5, 0.6) is 0 Å². The fourth-order valence-corrected chi connectivity index (χ4v) is 4.96. The highest BCUT2D eigenvalue weighted by molar-refractivity contribution is 7.86. The summed E-state index contributed by atoms with van der Waals surface area (Å²) >= 11 is 5.99. The topological polar surface area (TPSA) is 85.0 Å². The zero-order chi connectivity index (χ0) is 20.5. The number of halogens is 1. The lowest BCUT2D eigenvalue weighted by Gasteiger charge is -2.36. The van der Waals surface area contributed by atoms with Crippen molar-refractivity contribution in [1.29, 1.82) is 0 Å². The van der Waals surface area contributed by atoms with E-state index in [9.17, 15) is 13.2 Å². The average molecular weight is 430 g/mol. The zero-order valence-corrected chi connectivity index (χ0v) is 18.0. The molecule has 2 N–H and O–H groups in total. The number of piperazine rings is 1. The molecule has 3 rings (SSSR count). The van der Waals surface area contributed by atoms with Crippen molar-refractivity contribution < 1.29 is 13.2 Å². The molecule has 2 aliphatic rings. The molecule has 2 aliphatic heterocycles. The van der Waals surface area contributed by atoms with Gasteiger partial charge < -0.3 is 4.90 Å². The molecule has 1 aromatic carbocycles. The van der Waals surface area contributed by atoms with Crippen LogP contribution in [0.1, 0.15) is 24.9 Å². The van der Waals surface area contributed by atoms with E-state index in [0.717, 1.165) is 5.56 Å². The first-order valence-electron chi connectivity index (χ1n) is 9.42. The lowest BCUT2D eigenvalue weighted by molar-refractivity contribution is -0.133. The summed E-state index contributed by atoms with van der Waals surface area (Å²) in [6.07, 6.45) is 0.398. The third-order valence-electron chi connectivity index (χ3n) is 5.56. The van der Waals surface area contributed by atoms with Crippen LogP contribution in [0.3, 0.4) is 0 Å². The van der Waals surface area contributed by atoms with Crippen molar-refractivity contribution in [3.8, 4) is 0 Å². The summed E-state index contributed by atoms with van der Waals surface area (Å²) in [7, 11) is -0.392. The summed E-state index contributed by atoms with van der Waals surface area (Å²) in [4.78, 5) is 14.7. The maximum Gasteiger partial charge on any atom is 0.281 e. The summed E-state index contributed by atoms with van der Waals surface area (Å²) < 4.78 is 27.1. The van der Waals surface area contributed by atoms with Gasteiger partial charge in [-0.2, -0.15) is 17.0 Å². The van der Waals surface area contributed by atoms with Gasteiger partial charge in [-0.15, -0.1) is 0 Å². The molecule has 3 atom stereocenters. The molecule has 28 heavy (non-hydrogen) atoms. The Balaban J connectivity index is 1.61. The average Bonchev–Trinajstić information content (AvgIpc) is 3.03. The summed E-state index contributed by atoms with van der Waals surface area (Å²) in [6.45, 7) is 3.54. The normalized spacial score (nSPS) is 26.8. The van der Waals surface area contributed by atoms with Gasteiger partial charge in [-0.25, -0.2) is 5.43 Å². The minimum Gasteiger partial charge on any atom is -0.340 e. The monoisotopic (exact) mass is 429 g/mol. The second kappa shape index (κ2) is 8.64. The van der Waals surface area contributed by atoms with Crippen LogP contribution in [0.4, 0.5) is 0 Å². The number of amides is 1. The number of hydrazine groups is 1. The molecule has 2 fully saturated rings. The summed E-state index contributed by atoms with van der Waals surface area (Å²) in [5.41, 5.74) is 7.60. The number of hydrogen-bond acceptors (Lipinski definition) is 5. The lowest BCUT2D eigenvalue weighted by atomic mass is 9.87. The molecule has 3 unspecified atom stereocenters. The Morgan fingerprint density at radius 3 is 2.32 bits per heavy atom. The van der Waals surface area contributed by atoms with Crippen LogP contribution >= 0.6 is 11.6 Å². The van der Waals surface area contributed by atoms with E-state index in [1.165, 1.54) is 22.7 Å². The minimum absolute atomic E-state index is 0.0200. The maximum absolute atomic E-state index is 12.9. The fraction of sp³-hybridized carbons (Fsp3) is 0.611. The zero-order valence-electron chi connectivity index (χ0n) is 16.4. The van der Waals surface area contributed by atoms with E-state index in [2.05, 4.69) is 17.8 Å². The molecule has 0 saturated carbocycles. The second-order valence-electron chi connectivity index (χ2n) is 7.54. The van der Waals surface area contributed by atoms with Crippen molar-refractivity contribution in [3.05, 3.63) is 34.9 Å². The Kier molecular flexibility index (Phi) is 6.63. The van der Waals surface area contributed by atoms with Crippen molar-refractivity contribution >= 4 is 27.7 Å². The SMILES string of the molecule is CC1NNC(c2ccc(Cl)cc2)C1CC(=O)N1CCN(S(=O)(=O)N(C)C)CC1. The fourth-order valence-electron chi connectivity index (χ4n) is 3.75. The van der Waals surface area contributed by atoms with E-state index >= 15 is 0 Å². The van der Waals surface area contributed by atoms with Crippen LogP contribution in [0.25, 0.3) is 0 Å². The Labute approximate surface area is 172 Å². The minimum atomic E-state index is -3.43. The first-order chi connectivity index (χ1) is 13.2. The third kappa shape index (κ3) is 4.50. The lowest BCUT2D eigenvalue weighted by Crippen LogP contribution is -2.53. The van der Waals surface area contributed by atoms with Crippen molar-refractivity contribution in [2.45, 2.75) is 25.4 Å². The number of hydrogen-bond donors (Lipinski definition) is 2. The van der Waals surface area contributed by atoms with Crippen molar-refractivity contribution in [1.82, 2.24) is 24.4 Å². The van der Waals surface area contributed by atoms with Crippen molar-refractivity contribution in [2.24, 2.45) is 5.92 Å². The number of carbonyl (C=O) groups is 1. The summed E-state index contributed by atoms with van der Waals surface area (Å²) in [6, 6.07) is 7.81. The Bertz CT molecular complexity index is 794. The third-order valence-corrected chi connectivity index (χ3v) is 7.75. The molecule has 10 heteroatoms. The molecule has 0 spiro atoms. The number of benzene rings is 1. The molecule has 0 bridgehead atoms. The number of carbonyl (C=O) groups excluding carboxylic acids is 1. The smallest absolute Gasteiger partial charge is 0.281 e. The van der Waals surface area contributed by atoms with Crippen LogP contribution < -0.4 is 10.9 Å². The highest BCUT2D eigenvalue weighted by atomic mass is 35.5. The van der Waals surface area contributed by atoms with Gasteiger partial charge in [0.2, 0.25) is 5.91 Å². The molecule has 1 aromatic rings. The van der Waals surface area contributed by atoms with Crippen LogP contribution in [0.15, 0.2) is 24.3 Å². The largest absolute Gasteiger partial charge is 0.340 e. The van der Waals surface area contributed by atoms with E-state index in [1.54, 1.807) is 4.90 Å². The van der Waals surface area contributed by atoms with E-state index in [0.29, 0.717) is 37.6 Å². The second-order valence-corrected chi connectivity index (χ2v) is 10.1. The predicted octanol–water partition coefficient (Wildman–Crippen LogP) is 0.834. The Hall–Kier alpha value is -1.23. The van der Waals surface area contributed by atoms with Gasteiger partial charge in [0.15, 0.2) is 0 Å². The molecule has 2 heterocycles. The molecule has 0 aromatic heterocycles. The van der Waals surface area contributed by atoms with Crippen LogP contribution in [-0.2, 0) is 15.0 Å². The quantitative estimate of drug-likeness (QED) is 0.724. The van der Waals surface area contributed by atoms with Gasteiger partial charge in [0.05, 0.1) is 6.04 Å². The van der Waals surface area contributed by atoms with Gasteiger partial charge in [0, 0.05) is 63.7 Å². The van der Waals surface area contributed by atoms with E-state index in [-0.39, 0.29) is 23.9 Å². The number of nitrogens with zero attached hydrogens (tertiary/aromatic N) is 3. The summed E-state index contributed by atoms with van der Waals surface area (Å²) in [5, 5.41) is 0.681. The predicted molar refractivity (Wildman–Crippen MR) is 109 cm³/mol. The number of nitrogens with one attached hydrogen (secondary N) is 2. The molecule has 2 saturated heterocycles. The molecule has 1 amide bonds.